The summed E-state index contributed by atoms with van der Waals surface area (Å²) in [7, 11) is 0. The average Bonchev–Trinajstić information content (AvgIpc) is 3.15. The smallest absolute Gasteiger partial charge is 0.306 e. The van der Waals surface area contributed by atoms with Crippen LogP contribution in [0.25, 0.3) is 0 Å². The van der Waals surface area contributed by atoms with Crippen LogP contribution in [0.3, 0.4) is 0 Å². The Bertz CT molecular complexity index is 815. The number of allylic oxidation sites excluding steroid dienone is 1. The van der Waals surface area contributed by atoms with Gasteiger partial charge in [0.15, 0.2) is 0 Å². The van der Waals surface area contributed by atoms with Gasteiger partial charge in [-0.3, -0.25) is 9.59 Å². The molecular formula is C31H50O4. The zero-order valence-electron chi connectivity index (χ0n) is 23.0. The van der Waals surface area contributed by atoms with E-state index in [1.54, 1.807) is 0 Å². The molecule has 0 aliphatic heterocycles. The molecule has 4 heteroatoms. The van der Waals surface area contributed by atoms with Crippen molar-refractivity contribution in [2.45, 2.75) is 124 Å². The van der Waals surface area contributed by atoms with Crippen LogP contribution in [-0.2, 0) is 14.3 Å². The molecule has 4 unspecified atom stereocenters. The number of carboxylic acids is 1. The van der Waals surface area contributed by atoms with Gasteiger partial charge in [0, 0.05) is 6.42 Å². The molecule has 3 saturated carbocycles. The van der Waals surface area contributed by atoms with Gasteiger partial charge in [-0.05, 0) is 91.3 Å². The number of hydrogen-bond donors (Lipinski definition) is 1. The molecule has 0 spiro atoms. The molecule has 0 amide bonds. The fourth-order valence-electron chi connectivity index (χ4n) is 9.21. The van der Waals surface area contributed by atoms with Crippen molar-refractivity contribution in [3.8, 4) is 0 Å². The summed E-state index contributed by atoms with van der Waals surface area (Å²) in [6, 6.07) is 0. The van der Waals surface area contributed by atoms with Crippen molar-refractivity contribution in [3.63, 3.8) is 0 Å². The number of fused-ring (bicyclic) bond motifs is 5. The lowest BCUT2D eigenvalue weighted by Gasteiger charge is -2.58. The number of aliphatic carboxylic acids is 1. The molecule has 1 N–H and O–H groups in total. The zero-order chi connectivity index (χ0) is 25.4. The highest BCUT2D eigenvalue weighted by Gasteiger charge is 2.59. The maximum atomic E-state index is 12.1. The van der Waals surface area contributed by atoms with Crippen LogP contribution in [0.5, 0.6) is 0 Å². The number of esters is 1. The molecule has 0 radical (unpaired) electrons. The summed E-state index contributed by atoms with van der Waals surface area (Å²) < 4.78 is 5.70. The van der Waals surface area contributed by atoms with E-state index in [0.29, 0.717) is 5.41 Å². The van der Waals surface area contributed by atoms with E-state index in [1.807, 2.05) is 0 Å². The molecule has 35 heavy (non-hydrogen) atoms. The number of ether oxygens (including phenoxy) is 1. The van der Waals surface area contributed by atoms with E-state index in [2.05, 4.69) is 40.7 Å². The van der Waals surface area contributed by atoms with E-state index in [1.165, 1.54) is 56.9 Å². The molecule has 0 heterocycles. The van der Waals surface area contributed by atoms with Crippen molar-refractivity contribution in [3.05, 3.63) is 11.6 Å². The van der Waals surface area contributed by atoms with Crippen molar-refractivity contribution in [1.29, 1.82) is 0 Å². The lowest BCUT2D eigenvalue weighted by atomic mass is 9.47. The van der Waals surface area contributed by atoms with Gasteiger partial charge in [0.25, 0.3) is 0 Å². The third-order valence-electron chi connectivity index (χ3n) is 11.1. The second-order valence-electron chi connectivity index (χ2n) is 13.5. The highest BCUT2D eigenvalue weighted by molar-refractivity contribution is 5.76. The molecule has 3 fully saturated rings. The van der Waals surface area contributed by atoms with Crippen LogP contribution < -0.4 is 0 Å². The van der Waals surface area contributed by atoms with Crippen molar-refractivity contribution in [2.24, 2.45) is 46.3 Å². The Labute approximate surface area is 213 Å². The Morgan fingerprint density at radius 3 is 2.51 bits per heavy atom. The topological polar surface area (TPSA) is 63.6 Å². The van der Waals surface area contributed by atoms with Crippen LogP contribution in [0.4, 0.5) is 0 Å². The molecule has 0 aromatic heterocycles. The average molecular weight is 487 g/mol. The maximum absolute atomic E-state index is 12.1. The van der Waals surface area contributed by atoms with Crippen molar-refractivity contribution in [2.75, 3.05) is 0 Å². The summed E-state index contributed by atoms with van der Waals surface area (Å²) in [5, 5.41) is 8.84. The number of carbonyl (C=O) groups excluding carboxylic acids is 1. The van der Waals surface area contributed by atoms with E-state index in [9.17, 15) is 9.59 Å². The van der Waals surface area contributed by atoms with Gasteiger partial charge in [0.05, 0.1) is 12.8 Å². The van der Waals surface area contributed by atoms with Crippen LogP contribution in [0, 0.1) is 46.3 Å². The monoisotopic (exact) mass is 486 g/mol. The number of carboxylic acid groups (broad SMARTS) is 1. The summed E-state index contributed by atoms with van der Waals surface area (Å²) in [5.41, 5.74) is 2.27. The van der Waals surface area contributed by atoms with Gasteiger partial charge in [-0.15, -0.1) is 0 Å². The summed E-state index contributed by atoms with van der Waals surface area (Å²) >= 11 is 0. The van der Waals surface area contributed by atoms with E-state index in [4.69, 9.17) is 9.84 Å². The molecular weight excluding hydrogens is 436 g/mol. The fourth-order valence-corrected chi connectivity index (χ4v) is 9.21. The Morgan fingerprint density at radius 1 is 1.03 bits per heavy atom. The Morgan fingerprint density at radius 2 is 1.80 bits per heavy atom. The first kappa shape index (κ1) is 26.7. The second kappa shape index (κ2) is 10.6. The normalized spacial score (nSPS) is 39.3. The standard InChI is InChI=1S/C31H50O4/c1-20(2)7-6-8-21(3)25-11-12-26-24-10-9-22-19-23(35-29(34)14-13-28(32)33)15-17-30(22,4)27(24)16-18-31(25,26)5/h9,20-21,23-27H,6-8,10-19H2,1-5H3,(H,32,33)/t21?,23-,24?,25+,26-,27-,30?,31?/m0/s1. The zero-order valence-corrected chi connectivity index (χ0v) is 23.0. The predicted molar refractivity (Wildman–Crippen MR) is 140 cm³/mol. The molecule has 4 aliphatic rings. The lowest BCUT2D eigenvalue weighted by molar-refractivity contribution is -0.154. The quantitative estimate of drug-likeness (QED) is 0.267. The Kier molecular flexibility index (Phi) is 8.08. The van der Waals surface area contributed by atoms with Crippen LogP contribution in [0.1, 0.15) is 118 Å². The third kappa shape index (κ3) is 5.37. The maximum Gasteiger partial charge on any atom is 0.306 e. The van der Waals surface area contributed by atoms with Gasteiger partial charge in [0.2, 0.25) is 0 Å². The molecule has 0 saturated heterocycles. The van der Waals surface area contributed by atoms with Gasteiger partial charge in [-0.1, -0.05) is 65.5 Å². The van der Waals surface area contributed by atoms with Gasteiger partial charge in [-0.2, -0.15) is 0 Å². The molecule has 0 aromatic rings. The summed E-state index contributed by atoms with van der Waals surface area (Å²) in [6.45, 7) is 12.4. The largest absolute Gasteiger partial charge is 0.481 e. The van der Waals surface area contributed by atoms with Crippen LogP contribution in [-0.4, -0.2) is 23.1 Å². The van der Waals surface area contributed by atoms with Gasteiger partial charge in [-0.25, -0.2) is 0 Å². The van der Waals surface area contributed by atoms with Crippen LogP contribution in [0.2, 0.25) is 0 Å². The Balaban J connectivity index is 1.40. The highest BCUT2D eigenvalue weighted by Crippen LogP contribution is 2.67. The molecule has 4 aliphatic carbocycles. The van der Waals surface area contributed by atoms with Gasteiger partial charge in [0.1, 0.15) is 6.10 Å². The summed E-state index contributed by atoms with van der Waals surface area (Å²) in [4.78, 5) is 22.9. The summed E-state index contributed by atoms with van der Waals surface area (Å²) in [5.74, 6) is 3.68. The molecule has 0 aromatic carbocycles. The minimum absolute atomic E-state index is 0.0236. The van der Waals surface area contributed by atoms with Crippen molar-refractivity contribution < 1.29 is 19.4 Å². The van der Waals surface area contributed by atoms with E-state index >= 15 is 0 Å². The van der Waals surface area contributed by atoms with Crippen LogP contribution in [0.15, 0.2) is 11.6 Å². The molecule has 8 atom stereocenters. The first-order chi connectivity index (χ1) is 16.5. The SMILES string of the molecule is CC(C)CCCC(C)[C@H]1CC[C@H]2C3CC=C4C[C@@H](OC(=O)CCC(=O)O)CCC4(C)[C@H]3CCC12C. The second-order valence-corrected chi connectivity index (χ2v) is 13.5. The number of hydrogen-bond acceptors (Lipinski definition) is 3. The highest BCUT2D eigenvalue weighted by atomic mass is 16.5. The van der Waals surface area contributed by atoms with Crippen molar-refractivity contribution in [1.82, 2.24) is 0 Å². The van der Waals surface area contributed by atoms with Gasteiger partial charge < -0.3 is 9.84 Å². The van der Waals surface area contributed by atoms with Gasteiger partial charge >= 0.3 is 11.9 Å². The lowest BCUT2D eigenvalue weighted by Crippen LogP contribution is -2.51. The van der Waals surface area contributed by atoms with E-state index < -0.39 is 5.97 Å². The molecule has 4 nitrogen and oxygen atoms in total. The first-order valence-corrected chi connectivity index (χ1v) is 14.7. The predicted octanol–water partition coefficient (Wildman–Crippen LogP) is 7.80. The molecule has 198 valence electrons. The van der Waals surface area contributed by atoms with E-state index in [0.717, 1.165) is 54.8 Å². The number of rotatable bonds is 9. The number of carbonyl (C=O) groups is 2. The third-order valence-corrected chi connectivity index (χ3v) is 11.1. The van der Waals surface area contributed by atoms with E-state index in [-0.39, 0.29) is 30.3 Å². The molecule has 0 bridgehead atoms. The summed E-state index contributed by atoms with van der Waals surface area (Å²) in [6.07, 6.45) is 16.0. The van der Waals surface area contributed by atoms with Crippen LogP contribution >= 0.6 is 0 Å². The minimum Gasteiger partial charge on any atom is -0.481 e. The Hall–Kier alpha value is -1.32. The first-order valence-electron chi connectivity index (χ1n) is 14.7. The minimum atomic E-state index is -0.942. The fraction of sp³-hybridized carbons (Fsp3) is 0.871. The van der Waals surface area contributed by atoms with Crippen molar-refractivity contribution >= 4 is 11.9 Å². The molecule has 4 rings (SSSR count).